The highest BCUT2D eigenvalue weighted by molar-refractivity contribution is 6.37. The van der Waals surface area contributed by atoms with E-state index in [1.54, 1.807) is 0 Å². The largest absolute Gasteiger partial charge is 0.385 e. The Bertz CT molecular complexity index is 115. The Balaban J connectivity index is 3.84. The molecule has 1 N–H and O–H groups in total. The lowest BCUT2D eigenvalue weighted by atomic mass is 10.2. The van der Waals surface area contributed by atoms with Crippen molar-refractivity contribution in [3.63, 3.8) is 0 Å². The summed E-state index contributed by atoms with van der Waals surface area (Å²) in [5.41, 5.74) is 0. The lowest BCUT2D eigenvalue weighted by molar-refractivity contribution is -0.139. The quantitative estimate of drug-likeness (QED) is 0.496. The zero-order chi connectivity index (χ0) is 6.73. The van der Waals surface area contributed by atoms with Crippen LogP contribution in [0, 0.1) is 0 Å². The molecule has 1 atom stereocenters. The first-order chi connectivity index (χ1) is 3.55. The van der Waals surface area contributed by atoms with Gasteiger partial charge in [-0.25, -0.2) is 0 Å². The highest BCUT2D eigenvalue weighted by atomic mass is 16.3. The van der Waals surface area contributed by atoms with Crippen molar-refractivity contribution >= 4 is 11.6 Å². The highest BCUT2D eigenvalue weighted by Gasteiger charge is 2.12. The molecule has 46 valence electrons. The molecule has 0 radical (unpaired) electrons. The summed E-state index contributed by atoms with van der Waals surface area (Å²) in [6.45, 7) is 2.40. The van der Waals surface area contributed by atoms with E-state index in [4.69, 9.17) is 5.11 Å². The Morgan fingerprint density at radius 2 is 1.88 bits per heavy atom. The minimum absolute atomic E-state index is 0.597. The van der Waals surface area contributed by atoms with E-state index in [1.165, 1.54) is 6.92 Å². The summed E-state index contributed by atoms with van der Waals surface area (Å²) in [5, 5.41) is 8.42. The fraction of sp³-hybridized carbons (Fsp3) is 0.600. The normalized spacial score (nSPS) is 12.9. The molecule has 0 saturated heterocycles. The summed E-state index contributed by atoms with van der Waals surface area (Å²) in [6.07, 6.45) is -1.15. The molecule has 3 heteroatoms. The van der Waals surface area contributed by atoms with Gasteiger partial charge in [0.05, 0.1) is 0 Å². The monoisotopic (exact) mass is 116 g/mol. The van der Waals surface area contributed by atoms with Crippen LogP contribution in [-0.4, -0.2) is 22.8 Å². The molecule has 0 aliphatic carbocycles. The average Bonchev–Trinajstić information content (AvgIpc) is 1.64. The van der Waals surface area contributed by atoms with E-state index in [9.17, 15) is 9.59 Å². The maximum atomic E-state index is 10.2. The van der Waals surface area contributed by atoms with Crippen LogP contribution in [0.1, 0.15) is 13.8 Å². The molecule has 0 fully saturated rings. The lowest BCUT2D eigenvalue weighted by Crippen LogP contribution is -2.22. The van der Waals surface area contributed by atoms with Crippen molar-refractivity contribution in [2.24, 2.45) is 0 Å². The molecule has 0 bridgehead atoms. The number of aliphatic hydroxyl groups excluding tert-OH is 1. The third kappa shape index (κ3) is 1.84. The summed E-state index contributed by atoms with van der Waals surface area (Å²) in [7, 11) is 0. The van der Waals surface area contributed by atoms with Crippen LogP contribution in [0.25, 0.3) is 0 Å². The number of carbonyl (C=O) groups excluding carboxylic acids is 2. The predicted molar refractivity (Wildman–Crippen MR) is 27.4 cm³/mol. The smallest absolute Gasteiger partial charge is 0.226 e. The molecule has 0 heterocycles. The highest BCUT2D eigenvalue weighted by Crippen LogP contribution is 1.82. The van der Waals surface area contributed by atoms with E-state index in [0.29, 0.717) is 0 Å². The van der Waals surface area contributed by atoms with Crippen LogP contribution >= 0.6 is 0 Å². The summed E-state index contributed by atoms with van der Waals surface area (Å²) in [4.78, 5) is 20.3. The van der Waals surface area contributed by atoms with Crippen molar-refractivity contribution in [2.45, 2.75) is 20.0 Å². The van der Waals surface area contributed by atoms with E-state index in [0.717, 1.165) is 6.92 Å². The lowest BCUT2D eigenvalue weighted by Gasteiger charge is -1.94. The summed E-state index contributed by atoms with van der Waals surface area (Å²) in [6, 6.07) is 0. The summed E-state index contributed by atoms with van der Waals surface area (Å²) in [5.74, 6) is -1.33. The van der Waals surface area contributed by atoms with Crippen molar-refractivity contribution in [2.75, 3.05) is 0 Å². The van der Waals surface area contributed by atoms with Crippen LogP contribution < -0.4 is 0 Å². The van der Waals surface area contributed by atoms with E-state index < -0.39 is 17.7 Å². The van der Waals surface area contributed by atoms with Crippen molar-refractivity contribution in [3.05, 3.63) is 0 Å². The van der Waals surface area contributed by atoms with Gasteiger partial charge in [-0.2, -0.15) is 0 Å². The maximum absolute atomic E-state index is 10.2. The SMILES string of the molecule is CC(=O)C(=O)[C@@H](C)O. The fourth-order valence-corrected chi connectivity index (χ4v) is 0.294. The number of hydrogen-bond donors (Lipinski definition) is 1. The Labute approximate surface area is 47.3 Å². The predicted octanol–water partition coefficient (Wildman–Crippen LogP) is -0.475. The molecular weight excluding hydrogens is 108 g/mol. The van der Waals surface area contributed by atoms with E-state index in [2.05, 4.69) is 0 Å². The Morgan fingerprint density at radius 3 is 1.88 bits per heavy atom. The molecule has 0 spiro atoms. The van der Waals surface area contributed by atoms with E-state index >= 15 is 0 Å². The minimum Gasteiger partial charge on any atom is -0.385 e. The number of hydrogen-bond acceptors (Lipinski definition) is 3. The molecule has 0 saturated carbocycles. The minimum atomic E-state index is -1.15. The number of ketones is 2. The van der Waals surface area contributed by atoms with Crippen molar-refractivity contribution in [1.82, 2.24) is 0 Å². The van der Waals surface area contributed by atoms with Crippen LogP contribution in [0.15, 0.2) is 0 Å². The zero-order valence-electron chi connectivity index (χ0n) is 4.84. The van der Waals surface area contributed by atoms with Gasteiger partial charge in [-0.05, 0) is 6.92 Å². The van der Waals surface area contributed by atoms with Gasteiger partial charge in [0.2, 0.25) is 5.78 Å². The second kappa shape index (κ2) is 2.57. The van der Waals surface area contributed by atoms with Crippen molar-refractivity contribution in [1.29, 1.82) is 0 Å². The van der Waals surface area contributed by atoms with Crippen molar-refractivity contribution < 1.29 is 14.7 Å². The second-order valence-corrected chi connectivity index (χ2v) is 1.60. The van der Waals surface area contributed by atoms with Crippen LogP contribution in [0.5, 0.6) is 0 Å². The van der Waals surface area contributed by atoms with Gasteiger partial charge in [-0.1, -0.05) is 0 Å². The zero-order valence-corrected chi connectivity index (χ0v) is 4.84. The maximum Gasteiger partial charge on any atom is 0.226 e. The summed E-state index contributed by atoms with van der Waals surface area (Å²) >= 11 is 0. The molecular formula is C5H8O3. The Morgan fingerprint density at radius 1 is 1.50 bits per heavy atom. The van der Waals surface area contributed by atoms with Crippen LogP contribution in [0.4, 0.5) is 0 Å². The van der Waals surface area contributed by atoms with Gasteiger partial charge >= 0.3 is 0 Å². The van der Waals surface area contributed by atoms with Gasteiger partial charge < -0.3 is 5.11 Å². The summed E-state index contributed by atoms with van der Waals surface area (Å²) < 4.78 is 0. The van der Waals surface area contributed by atoms with Gasteiger partial charge in [-0.15, -0.1) is 0 Å². The van der Waals surface area contributed by atoms with Crippen LogP contribution in [0.2, 0.25) is 0 Å². The van der Waals surface area contributed by atoms with Gasteiger partial charge in [0.25, 0.3) is 0 Å². The third-order valence-electron chi connectivity index (χ3n) is 0.726. The van der Waals surface area contributed by atoms with E-state index in [1.807, 2.05) is 0 Å². The second-order valence-electron chi connectivity index (χ2n) is 1.60. The standard InChI is InChI=1S/C5H8O3/c1-3(6)5(8)4(2)7/h3,6H,1-2H3/t3-/m1/s1. The molecule has 0 aliphatic rings. The van der Waals surface area contributed by atoms with Gasteiger partial charge in [-0.3, -0.25) is 9.59 Å². The molecule has 0 unspecified atom stereocenters. The number of rotatable bonds is 2. The number of Topliss-reactive ketones (excluding diaryl/α,β-unsaturated/α-hetero) is 2. The molecule has 0 rings (SSSR count). The first-order valence-corrected chi connectivity index (χ1v) is 2.28. The molecule has 8 heavy (non-hydrogen) atoms. The first kappa shape index (κ1) is 7.30. The molecule has 0 aromatic carbocycles. The van der Waals surface area contributed by atoms with Crippen LogP contribution in [0.3, 0.4) is 0 Å². The molecule has 3 nitrogen and oxygen atoms in total. The topological polar surface area (TPSA) is 54.4 Å². The first-order valence-electron chi connectivity index (χ1n) is 2.28. The van der Waals surface area contributed by atoms with Crippen molar-refractivity contribution in [3.8, 4) is 0 Å². The molecule has 0 amide bonds. The van der Waals surface area contributed by atoms with Gasteiger partial charge in [0.15, 0.2) is 5.78 Å². The Kier molecular flexibility index (Phi) is 2.34. The molecule has 0 aliphatic heterocycles. The van der Waals surface area contributed by atoms with Crippen LogP contribution in [-0.2, 0) is 9.59 Å². The fourth-order valence-electron chi connectivity index (χ4n) is 0.294. The van der Waals surface area contributed by atoms with Gasteiger partial charge in [0.1, 0.15) is 6.10 Å². The molecule has 0 aromatic heterocycles. The van der Waals surface area contributed by atoms with E-state index in [-0.39, 0.29) is 0 Å². The average molecular weight is 116 g/mol. The molecule has 0 aromatic rings. The van der Waals surface area contributed by atoms with Gasteiger partial charge in [0, 0.05) is 6.92 Å². The number of carbonyl (C=O) groups is 2. The Hall–Kier alpha value is -0.700. The third-order valence-corrected chi connectivity index (χ3v) is 0.726. The number of aliphatic hydroxyl groups is 1.